The molecule has 0 aromatic carbocycles. The van der Waals surface area contributed by atoms with Crippen molar-refractivity contribution in [3.8, 4) is 11.5 Å². The van der Waals surface area contributed by atoms with Crippen LogP contribution in [0, 0.1) is 0 Å². The van der Waals surface area contributed by atoms with Gasteiger partial charge in [0.05, 0.1) is 0 Å². The van der Waals surface area contributed by atoms with Gasteiger partial charge in [0.2, 0.25) is 0 Å². The molecule has 0 aliphatic heterocycles. The van der Waals surface area contributed by atoms with Gasteiger partial charge in [-0.05, 0) is 30.5 Å². The van der Waals surface area contributed by atoms with Crippen LogP contribution in [0.25, 0.3) is 11.5 Å². The lowest BCUT2D eigenvalue weighted by molar-refractivity contribution is 0.814. The Kier molecular flexibility index (Phi) is 4.03. The van der Waals surface area contributed by atoms with Gasteiger partial charge in [-0.25, -0.2) is 15.0 Å². The van der Waals surface area contributed by atoms with Crippen molar-refractivity contribution in [2.75, 3.05) is 0 Å². The summed E-state index contributed by atoms with van der Waals surface area (Å²) in [5, 5.41) is 0. The minimum Gasteiger partial charge on any atom is -0.249 e. The van der Waals surface area contributed by atoms with Gasteiger partial charge in [0.1, 0.15) is 5.69 Å². The Bertz CT molecular complexity index is 521. The maximum atomic E-state index is 4.61. The highest BCUT2D eigenvalue weighted by Gasteiger charge is 2.07. The van der Waals surface area contributed by atoms with E-state index in [0.717, 1.165) is 35.7 Å². The van der Waals surface area contributed by atoms with Gasteiger partial charge in [0, 0.05) is 17.6 Å². The van der Waals surface area contributed by atoms with E-state index in [-0.39, 0.29) is 0 Å². The van der Waals surface area contributed by atoms with E-state index >= 15 is 0 Å². The fourth-order valence-corrected chi connectivity index (χ4v) is 1.82. The first kappa shape index (κ1) is 12.7. The molecular weight excluding hydrogens is 222 g/mol. The van der Waals surface area contributed by atoms with Crippen LogP contribution in [0.4, 0.5) is 0 Å². The predicted molar refractivity (Wildman–Crippen MR) is 73.3 cm³/mol. The first-order valence-electron chi connectivity index (χ1n) is 6.50. The van der Waals surface area contributed by atoms with Gasteiger partial charge in [-0.3, -0.25) is 0 Å². The molecule has 0 aliphatic carbocycles. The summed E-state index contributed by atoms with van der Waals surface area (Å²) in [6, 6.07) is 8.01. The number of rotatable bonds is 4. The van der Waals surface area contributed by atoms with Crippen LogP contribution in [0.5, 0.6) is 0 Å². The van der Waals surface area contributed by atoms with E-state index < -0.39 is 0 Å². The van der Waals surface area contributed by atoms with Gasteiger partial charge in [-0.1, -0.05) is 33.3 Å². The molecule has 0 spiro atoms. The Hall–Kier alpha value is -1.77. The second-order valence-corrected chi connectivity index (χ2v) is 4.72. The summed E-state index contributed by atoms with van der Waals surface area (Å²) in [5.41, 5.74) is 3.03. The predicted octanol–water partition coefficient (Wildman–Crippen LogP) is 3.61. The molecule has 0 saturated heterocycles. The Morgan fingerprint density at radius 2 is 1.94 bits per heavy atom. The zero-order valence-corrected chi connectivity index (χ0v) is 11.2. The van der Waals surface area contributed by atoms with E-state index in [2.05, 4.69) is 41.8 Å². The topological polar surface area (TPSA) is 38.7 Å². The molecule has 0 fully saturated rings. The van der Waals surface area contributed by atoms with Crippen molar-refractivity contribution in [1.29, 1.82) is 0 Å². The van der Waals surface area contributed by atoms with Crippen LogP contribution >= 0.6 is 0 Å². The van der Waals surface area contributed by atoms with Crippen LogP contribution < -0.4 is 0 Å². The van der Waals surface area contributed by atoms with E-state index in [9.17, 15) is 0 Å². The molecule has 0 bridgehead atoms. The van der Waals surface area contributed by atoms with E-state index in [4.69, 9.17) is 0 Å². The molecular formula is C15H19N3. The molecule has 2 rings (SSSR count). The molecule has 3 nitrogen and oxygen atoms in total. The minimum absolute atomic E-state index is 0.408. The second kappa shape index (κ2) is 5.71. The van der Waals surface area contributed by atoms with E-state index in [1.54, 1.807) is 0 Å². The van der Waals surface area contributed by atoms with Crippen LogP contribution in [0.1, 0.15) is 44.5 Å². The molecule has 0 saturated carbocycles. The van der Waals surface area contributed by atoms with Crippen LogP contribution in [-0.4, -0.2) is 15.0 Å². The normalized spacial score (nSPS) is 10.9. The molecule has 2 heterocycles. The van der Waals surface area contributed by atoms with Crippen LogP contribution in [0.2, 0.25) is 0 Å². The molecule has 0 amide bonds. The summed E-state index contributed by atoms with van der Waals surface area (Å²) >= 11 is 0. The summed E-state index contributed by atoms with van der Waals surface area (Å²) in [5.74, 6) is 1.13. The number of nitrogens with zero attached hydrogens (tertiary/aromatic N) is 3. The van der Waals surface area contributed by atoms with Crippen molar-refractivity contribution in [1.82, 2.24) is 15.0 Å². The fourth-order valence-electron chi connectivity index (χ4n) is 1.82. The summed E-state index contributed by atoms with van der Waals surface area (Å²) in [7, 11) is 0. The lowest BCUT2D eigenvalue weighted by atomic mass is 10.1. The molecule has 0 unspecified atom stereocenters. The first-order valence-corrected chi connectivity index (χ1v) is 6.50. The lowest BCUT2D eigenvalue weighted by Crippen LogP contribution is -1.99. The third-order valence-corrected chi connectivity index (χ3v) is 2.81. The van der Waals surface area contributed by atoms with Crippen LogP contribution in [0.15, 0.2) is 30.5 Å². The average molecular weight is 241 g/mol. The maximum Gasteiger partial charge on any atom is 0.178 e. The van der Waals surface area contributed by atoms with Gasteiger partial charge < -0.3 is 0 Å². The average Bonchev–Trinajstić information content (AvgIpc) is 2.39. The molecule has 2 aromatic heterocycles. The molecule has 94 valence electrons. The molecule has 0 aliphatic rings. The van der Waals surface area contributed by atoms with E-state index in [0.29, 0.717) is 5.92 Å². The van der Waals surface area contributed by atoms with Gasteiger partial charge in [0.25, 0.3) is 0 Å². The Morgan fingerprint density at radius 3 is 2.67 bits per heavy atom. The Balaban J connectivity index is 2.35. The minimum atomic E-state index is 0.408. The SMILES string of the molecule is CCCc1cccc(-c2nccc(C(C)C)n2)n1. The van der Waals surface area contributed by atoms with Crippen molar-refractivity contribution in [3.63, 3.8) is 0 Å². The van der Waals surface area contributed by atoms with Crippen LogP contribution in [0.3, 0.4) is 0 Å². The van der Waals surface area contributed by atoms with Gasteiger partial charge in [-0.15, -0.1) is 0 Å². The summed E-state index contributed by atoms with van der Waals surface area (Å²) in [6.07, 6.45) is 3.91. The number of aromatic nitrogens is 3. The fraction of sp³-hybridized carbons (Fsp3) is 0.400. The van der Waals surface area contributed by atoms with E-state index in [1.807, 2.05) is 24.4 Å². The molecule has 18 heavy (non-hydrogen) atoms. The molecule has 3 heteroatoms. The highest BCUT2D eigenvalue weighted by Crippen LogP contribution is 2.16. The van der Waals surface area contributed by atoms with Gasteiger partial charge >= 0.3 is 0 Å². The molecule has 0 radical (unpaired) electrons. The number of aryl methyl sites for hydroxylation is 1. The first-order chi connectivity index (χ1) is 8.70. The Morgan fingerprint density at radius 1 is 1.11 bits per heavy atom. The van der Waals surface area contributed by atoms with Crippen molar-refractivity contribution < 1.29 is 0 Å². The third kappa shape index (κ3) is 2.92. The zero-order valence-electron chi connectivity index (χ0n) is 11.2. The Labute approximate surface area is 108 Å². The van der Waals surface area contributed by atoms with E-state index in [1.165, 1.54) is 0 Å². The molecule has 0 atom stereocenters. The standard InChI is InChI=1S/C15H19N3/c1-4-6-12-7-5-8-14(17-12)15-16-10-9-13(18-15)11(2)3/h5,7-11H,4,6H2,1-3H3. The number of pyridine rings is 1. The monoisotopic (exact) mass is 241 g/mol. The molecule has 0 N–H and O–H groups in total. The number of hydrogen-bond donors (Lipinski definition) is 0. The van der Waals surface area contributed by atoms with Gasteiger partial charge in [-0.2, -0.15) is 0 Å². The van der Waals surface area contributed by atoms with Crippen molar-refractivity contribution in [2.24, 2.45) is 0 Å². The molecule has 2 aromatic rings. The second-order valence-electron chi connectivity index (χ2n) is 4.72. The third-order valence-electron chi connectivity index (χ3n) is 2.81. The smallest absolute Gasteiger partial charge is 0.178 e. The lowest BCUT2D eigenvalue weighted by Gasteiger charge is -2.06. The van der Waals surface area contributed by atoms with Crippen LogP contribution in [-0.2, 0) is 6.42 Å². The summed E-state index contributed by atoms with van der Waals surface area (Å²) < 4.78 is 0. The summed E-state index contributed by atoms with van der Waals surface area (Å²) in [6.45, 7) is 6.42. The highest BCUT2D eigenvalue weighted by atomic mass is 14.9. The number of hydrogen-bond acceptors (Lipinski definition) is 3. The van der Waals surface area contributed by atoms with Crippen molar-refractivity contribution in [3.05, 3.63) is 41.9 Å². The largest absolute Gasteiger partial charge is 0.249 e. The van der Waals surface area contributed by atoms with Gasteiger partial charge in [0.15, 0.2) is 5.82 Å². The van der Waals surface area contributed by atoms with Crippen molar-refractivity contribution >= 4 is 0 Å². The quantitative estimate of drug-likeness (QED) is 0.820. The summed E-state index contributed by atoms with van der Waals surface area (Å²) in [4.78, 5) is 13.5. The zero-order chi connectivity index (χ0) is 13.0. The van der Waals surface area contributed by atoms with Crippen molar-refractivity contribution in [2.45, 2.75) is 39.5 Å². The highest BCUT2D eigenvalue weighted by molar-refractivity contribution is 5.49. The maximum absolute atomic E-state index is 4.61.